The average Bonchev–Trinajstić information content (AvgIpc) is 3.69. The number of anilines is 4. The summed E-state index contributed by atoms with van der Waals surface area (Å²) in [4.78, 5) is 12.4. The molecule has 1 aliphatic carbocycles. The minimum atomic E-state index is -3.11. The zero-order valence-corrected chi connectivity index (χ0v) is 20.7. The smallest absolute Gasteiger partial charge is 0.276 e. The van der Waals surface area contributed by atoms with Crippen LogP contribution in [0, 0.1) is 5.92 Å². The van der Waals surface area contributed by atoms with Crippen molar-refractivity contribution in [3.63, 3.8) is 0 Å². The van der Waals surface area contributed by atoms with E-state index in [1.165, 1.54) is 19.0 Å². The third-order valence-electron chi connectivity index (χ3n) is 7.44. The van der Waals surface area contributed by atoms with Crippen LogP contribution in [0.2, 0.25) is 5.02 Å². The van der Waals surface area contributed by atoms with E-state index in [-0.39, 0.29) is 19.0 Å². The van der Waals surface area contributed by atoms with Gasteiger partial charge in [-0.2, -0.15) is 4.98 Å². The van der Waals surface area contributed by atoms with Gasteiger partial charge < -0.3 is 30.3 Å². The van der Waals surface area contributed by atoms with Crippen molar-refractivity contribution in [2.24, 2.45) is 5.92 Å². The molecule has 1 aromatic carbocycles. The molecule has 0 spiro atoms. The molecule has 1 saturated heterocycles. The van der Waals surface area contributed by atoms with Crippen LogP contribution in [-0.4, -0.2) is 66.4 Å². The Morgan fingerprint density at radius 3 is 2.89 bits per heavy atom. The Kier molecular flexibility index (Phi) is 5.83. The zero-order chi connectivity index (χ0) is 25.0. The van der Waals surface area contributed by atoms with Gasteiger partial charge in [-0.05, 0) is 37.0 Å². The number of nitrogens with zero attached hydrogens (tertiary/aromatic N) is 4. The average molecular weight is 519 g/mol. The summed E-state index contributed by atoms with van der Waals surface area (Å²) in [6, 6.07) is 6.48. The molecule has 2 aromatic rings. The van der Waals surface area contributed by atoms with Gasteiger partial charge in [0.15, 0.2) is 5.82 Å². The molecule has 4 aliphatic rings. The second kappa shape index (κ2) is 8.92. The molecule has 36 heavy (non-hydrogen) atoms. The van der Waals surface area contributed by atoms with Gasteiger partial charge in [0, 0.05) is 49.4 Å². The molecule has 0 unspecified atom stereocenters. The quantitative estimate of drug-likeness (QED) is 0.560. The van der Waals surface area contributed by atoms with Crippen LogP contribution in [-0.2, 0) is 4.74 Å². The number of likely N-dealkylation sites (N-methyl/N-ethyl adjacent to an activating group) is 1. The SMILES string of the molecule is CN1CC2=C(N[C@@H](C3CC3)CCO2)c2cc(Nc3nc(N4CCC(F)(F)[C@H](O)C4)ncc3Cl)ccc21. The highest BCUT2D eigenvalue weighted by Gasteiger charge is 2.43. The van der Waals surface area contributed by atoms with Gasteiger partial charge in [0.25, 0.3) is 5.92 Å². The van der Waals surface area contributed by atoms with Gasteiger partial charge >= 0.3 is 0 Å². The number of nitrogens with one attached hydrogen (secondary N) is 2. The number of ether oxygens (including phenoxy) is 1. The Bertz CT molecular complexity index is 1210. The van der Waals surface area contributed by atoms with Crippen LogP contribution in [0.25, 0.3) is 5.70 Å². The van der Waals surface area contributed by atoms with E-state index in [1.807, 2.05) is 13.1 Å². The van der Waals surface area contributed by atoms with Crippen LogP contribution >= 0.6 is 11.6 Å². The van der Waals surface area contributed by atoms with E-state index in [0.29, 0.717) is 36.0 Å². The van der Waals surface area contributed by atoms with Crippen LogP contribution in [0.5, 0.6) is 0 Å². The first-order chi connectivity index (χ1) is 17.3. The number of aliphatic hydroxyl groups excluding tert-OH is 1. The number of β-amino-alcohol motifs (C(OH)–C–C–N with tert-alkyl or cyclic N) is 1. The van der Waals surface area contributed by atoms with E-state index in [1.54, 1.807) is 4.90 Å². The Labute approximate surface area is 213 Å². The first-order valence-electron chi connectivity index (χ1n) is 12.4. The van der Waals surface area contributed by atoms with E-state index < -0.39 is 18.4 Å². The number of aliphatic hydroxyl groups is 1. The Balaban J connectivity index is 1.28. The molecule has 2 atom stereocenters. The lowest BCUT2D eigenvalue weighted by molar-refractivity contribution is -0.118. The Morgan fingerprint density at radius 1 is 1.28 bits per heavy atom. The number of benzene rings is 1. The molecule has 3 N–H and O–H groups in total. The van der Waals surface area contributed by atoms with Gasteiger partial charge in [0.2, 0.25) is 5.95 Å². The summed E-state index contributed by atoms with van der Waals surface area (Å²) in [6.07, 6.45) is 2.72. The molecule has 192 valence electrons. The zero-order valence-electron chi connectivity index (χ0n) is 20.0. The van der Waals surface area contributed by atoms with Crippen molar-refractivity contribution in [1.82, 2.24) is 15.3 Å². The highest BCUT2D eigenvalue weighted by atomic mass is 35.5. The van der Waals surface area contributed by atoms with Crippen molar-refractivity contribution in [1.29, 1.82) is 0 Å². The van der Waals surface area contributed by atoms with Gasteiger partial charge in [-0.3, -0.25) is 0 Å². The van der Waals surface area contributed by atoms with Crippen LogP contribution < -0.4 is 20.4 Å². The minimum Gasteiger partial charge on any atom is -0.494 e. The summed E-state index contributed by atoms with van der Waals surface area (Å²) in [6.45, 7) is 1.22. The van der Waals surface area contributed by atoms with E-state index in [2.05, 4.69) is 37.6 Å². The molecule has 1 aromatic heterocycles. The molecule has 2 fully saturated rings. The molecule has 8 nitrogen and oxygen atoms in total. The number of rotatable bonds is 4. The summed E-state index contributed by atoms with van der Waals surface area (Å²) in [5, 5.41) is 17.2. The molecule has 0 amide bonds. The van der Waals surface area contributed by atoms with Crippen molar-refractivity contribution in [3.05, 3.63) is 40.7 Å². The minimum absolute atomic E-state index is 0.0427. The summed E-state index contributed by atoms with van der Waals surface area (Å²) in [5.41, 5.74) is 3.97. The molecule has 11 heteroatoms. The summed E-state index contributed by atoms with van der Waals surface area (Å²) < 4.78 is 33.6. The number of hydrogen-bond donors (Lipinski definition) is 3. The van der Waals surface area contributed by atoms with Gasteiger partial charge in [0.1, 0.15) is 16.9 Å². The largest absolute Gasteiger partial charge is 0.494 e. The topological polar surface area (TPSA) is 85.8 Å². The predicted molar refractivity (Wildman–Crippen MR) is 135 cm³/mol. The molecular formula is C25H29ClF2N6O2. The molecule has 4 heterocycles. The Morgan fingerprint density at radius 2 is 2.11 bits per heavy atom. The van der Waals surface area contributed by atoms with Gasteiger partial charge in [-0.1, -0.05) is 11.6 Å². The van der Waals surface area contributed by atoms with Gasteiger partial charge in [-0.15, -0.1) is 0 Å². The standard InChI is InChI=1S/C25H29ClF2N6O2/c1-33-12-20-22(31-18(6-9-36-20)14-2-3-14)16-10-15(4-5-19(16)33)30-23-17(26)11-29-24(32-23)34-8-7-25(27,28)21(35)13-34/h4-5,10-11,14,18,21,31,35H,2-3,6-9,12-13H2,1H3,(H,29,30,32)/t18-,21-/m1/s1. The monoisotopic (exact) mass is 518 g/mol. The molecule has 0 bridgehead atoms. The van der Waals surface area contributed by atoms with E-state index >= 15 is 0 Å². The maximum Gasteiger partial charge on any atom is 0.276 e. The number of piperidine rings is 1. The first kappa shape index (κ1) is 23.5. The van der Waals surface area contributed by atoms with Crippen molar-refractivity contribution < 1.29 is 18.6 Å². The van der Waals surface area contributed by atoms with Crippen molar-refractivity contribution in [2.45, 2.75) is 43.8 Å². The number of hydrogen-bond acceptors (Lipinski definition) is 8. The Hall–Kier alpha value is -2.85. The molecule has 3 aliphatic heterocycles. The third kappa shape index (κ3) is 4.41. The maximum absolute atomic E-state index is 13.7. The molecule has 6 rings (SSSR count). The second-order valence-electron chi connectivity index (χ2n) is 10.1. The fourth-order valence-corrected chi connectivity index (χ4v) is 5.31. The van der Waals surface area contributed by atoms with Gasteiger partial charge in [-0.25, -0.2) is 13.8 Å². The van der Waals surface area contributed by atoms with E-state index in [9.17, 15) is 13.9 Å². The summed E-state index contributed by atoms with van der Waals surface area (Å²) in [7, 11) is 2.05. The van der Waals surface area contributed by atoms with Crippen LogP contribution in [0.15, 0.2) is 30.2 Å². The normalized spacial score (nSPS) is 25.4. The predicted octanol–water partition coefficient (Wildman–Crippen LogP) is 3.99. The van der Waals surface area contributed by atoms with E-state index in [4.69, 9.17) is 16.3 Å². The fourth-order valence-electron chi connectivity index (χ4n) is 5.17. The molecular weight excluding hydrogens is 490 g/mol. The highest BCUT2D eigenvalue weighted by Crippen LogP contribution is 2.41. The summed E-state index contributed by atoms with van der Waals surface area (Å²) >= 11 is 6.39. The van der Waals surface area contributed by atoms with Crippen molar-refractivity contribution in [2.75, 3.05) is 48.4 Å². The molecule has 0 radical (unpaired) electrons. The third-order valence-corrected chi connectivity index (χ3v) is 7.71. The van der Waals surface area contributed by atoms with Crippen molar-refractivity contribution >= 4 is 40.4 Å². The van der Waals surface area contributed by atoms with Crippen LogP contribution in [0.4, 0.5) is 31.9 Å². The first-order valence-corrected chi connectivity index (χ1v) is 12.7. The highest BCUT2D eigenvalue weighted by molar-refractivity contribution is 6.32. The van der Waals surface area contributed by atoms with Crippen molar-refractivity contribution in [3.8, 4) is 0 Å². The number of alkyl halides is 2. The number of aromatic nitrogens is 2. The summed E-state index contributed by atoms with van der Waals surface area (Å²) in [5.74, 6) is -0.843. The lowest BCUT2D eigenvalue weighted by Crippen LogP contribution is -2.51. The fraction of sp³-hybridized carbons (Fsp3) is 0.520. The number of fused-ring (bicyclic) bond motifs is 2. The second-order valence-corrected chi connectivity index (χ2v) is 10.5. The van der Waals surface area contributed by atoms with E-state index in [0.717, 1.165) is 34.8 Å². The number of halogens is 3. The molecule has 1 saturated carbocycles. The van der Waals surface area contributed by atoms with Crippen LogP contribution in [0.3, 0.4) is 0 Å². The van der Waals surface area contributed by atoms with Gasteiger partial charge in [0.05, 0.1) is 31.6 Å². The maximum atomic E-state index is 13.7. The lowest BCUT2D eigenvalue weighted by atomic mass is 10.0. The van der Waals surface area contributed by atoms with Crippen LogP contribution in [0.1, 0.15) is 31.2 Å². The lowest BCUT2D eigenvalue weighted by Gasteiger charge is -2.35.